The third-order valence-corrected chi connectivity index (χ3v) is 6.21. The maximum absolute atomic E-state index is 14.3. The summed E-state index contributed by atoms with van der Waals surface area (Å²) in [6.07, 6.45) is 3.87. The van der Waals surface area contributed by atoms with Crippen LogP contribution in [-0.4, -0.2) is 16.0 Å². The van der Waals surface area contributed by atoms with Gasteiger partial charge in [-0.1, -0.05) is 6.07 Å². The van der Waals surface area contributed by atoms with Crippen molar-refractivity contribution >= 4 is 38.8 Å². The topological polar surface area (TPSA) is 32.8 Å². The molecule has 0 unspecified atom stereocenters. The molecule has 0 aliphatic heterocycles. The van der Waals surface area contributed by atoms with Crippen molar-refractivity contribution < 1.29 is 8.78 Å². The molecule has 0 bridgehead atoms. The van der Waals surface area contributed by atoms with E-state index in [9.17, 15) is 8.78 Å². The molecule has 2 aromatic heterocycles. The molecule has 2 aromatic carbocycles. The Morgan fingerprint density at radius 2 is 2.00 bits per heavy atom. The Labute approximate surface area is 168 Å². The summed E-state index contributed by atoms with van der Waals surface area (Å²) >= 11 is 4.49. The molecule has 0 radical (unpaired) electrons. The summed E-state index contributed by atoms with van der Waals surface area (Å²) in [5, 5.41) is 4.24. The molecule has 3 nitrogen and oxygen atoms in total. The quantitative estimate of drug-likeness (QED) is 0.396. The van der Waals surface area contributed by atoms with E-state index in [1.54, 1.807) is 0 Å². The van der Waals surface area contributed by atoms with Gasteiger partial charge in [-0.05, 0) is 76.4 Å². The van der Waals surface area contributed by atoms with Gasteiger partial charge >= 0.3 is 0 Å². The lowest BCUT2D eigenvalue weighted by molar-refractivity contribution is 0.563. The molecule has 138 valence electrons. The Morgan fingerprint density at radius 3 is 2.78 bits per heavy atom. The Balaban J connectivity index is 1.80. The van der Waals surface area contributed by atoms with Gasteiger partial charge in [-0.3, -0.25) is 3.97 Å². The van der Waals surface area contributed by atoms with Crippen LogP contribution in [0.1, 0.15) is 5.56 Å². The number of fused-ring (bicyclic) bond motifs is 1. The standard InChI is InChI=1S/C20H16BrF2N3S/c1-24-10-12-6-19(14-2-3-18-13(7-14)4-5-25-18)26(11-12)27-20-16(21)8-15(22)9-17(20)23/h2-9,11,24-25H,10H2,1H3. The number of halogens is 3. The van der Waals surface area contributed by atoms with Crippen molar-refractivity contribution in [1.82, 2.24) is 14.3 Å². The van der Waals surface area contributed by atoms with E-state index in [1.165, 1.54) is 18.0 Å². The molecule has 7 heteroatoms. The number of hydrogen-bond acceptors (Lipinski definition) is 2. The molecule has 0 atom stereocenters. The van der Waals surface area contributed by atoms with Gasteiger partial charge in [0, 0.05) is 40.4 Å². The summed E-state index contributed by atoms with van der Waals surface area (Å²) in [7, 11) is 1.88. The van der Waals surface area contributed by atoms with Crippen LogP contribution in [-0.2, 0) is 6.54 Å². The van der Waals surface area contributed by atoms with E-state index in [0.717, 1.165) is 33.8 Å². The third-order valence-electron chi connectivity index (χ3n) is 4.23. The highest BCUT2D eigenvalue weighted by Crippen LogP contribution is 2.36. The van der Waals surface area contributed by atoms with Crippen LogP contribution >= 0.6 is 27.9 Å². The smallest absolute Gasteiger partial charge is 0.142 e. The van der Waals surface area contributed by atoms with Crippen LogP contribution in [0.5, 0.6) is 0 Å². The van der Waals surface area contributed by atoms with Gasteiger partial charge in [-0.2, -0.15) is 0 Å². The second-order valence-corrected chi connectivity index (χ2v) is 8.00. The Morgan fingerprint density at radius 1 is 1.15 bits per heavy atom. The molecule has 0 fully saturated rings. The minimum absolute atomic E-state index is 0.340. The summed E-state index contributed by atoms with van der Waals surface area (Å²) in [4.78, 5) is 3.52. The fraction of sp³-hybridized carbons (Fsp3) is 0.100. The van der Waals surface area contributed by atoms with E-state index in [-0.39, 0.29) is 0 Å². The molecule has 4 aromatic rings. The van der Waals surface area contributed by atoms with Crippen LogP contribution in [0, 0.1) is 11.6 Å². The Bertz CT molecular complexity index is 1100. The average molecular weight is 448 g/mol. The normalized spacial score (nSPS) is 11.4. The number of hydrogen-bond donors (Lipinski definition) is 2. The van der Waals surface area contributed by atoms with Crippen LogP contribution in [0.2, 0.25) is 0 Å². The second-order valence-electron chi connectivity index (χ2n) is 6.16. The summed E-state index contributed by atoms with van der Waals surface area (Å²) in [6, 6.07) is 12.4. The predicted octanol–water partition coefficient (Wildman–Crippen LogP) is 5.95. The molecule has 0 spiro atoms. The maximum atomic E-state index is 14.3. The van der Waals surface area contributed by atoms with Gasteiger partial charge in [0.1, 0.15) is 11.6 Å². The number of aromatic nitrogens is 2. The minimum Gasteiger partial charge on any atom is -0.361 e. The molecule has 0 saturated carbocycles. The zero-order valence-corrected chi connectivity index (χ0v) is 16.8. The van der Waals surface area contributed by atoms with E-state index in [0.29, 0.717) is 15.9 Å². The summed E-state index contributed by atoms with van der Waals surface area (Å²) in [5.74, 6) is -1.20. The van der Waals surface area contributed by atoms with Crippen molar-refractivity contribution in [3.63, 3.8) is 0 Å². The van der Waals surface area contributed by atoms with E-state index in [4.69, 9.17) is 0 Å². The van der Waals surface area contributed by atoms with Gasteiger partial charge in [0.25, 0.3) is 0 Å². The van der Waals surface area contributed by atoms with Gasteiger partial charge in [0.15, 0.2) is 0 Å². The van der Waals surface area contributed by atoms with E-state index >= 15 is 0 Å². The first-order chi connectivity index (χ1) is 13.0. The lowest BCUT2D eigenvalue weighted by Gasteiger charge is -2.11. The highest BCUT2D eigenvalue weighted by atomic mass is 79.9. The molecular formula is C20H16BrF2N3S. The fourth-order valence-electron chi connectivity index (χ4n) is 3.01. The van der Waals surface area contributed by atoms with E-state index < -0.39 is 11.6 Å². The summed E-state index contributed by atoms with van der Waals surface area (Å²) in [6.45, 7) is 0.694. The van der Waals surface area contributed by atoms with Gasteiger partial charge in [0.2, 0.25) is 0 Å². The van der Waals surface area contributed by atoms with Gasteiger partial charge < -0.3 is 10.3 Å². The third kappa shape index (κ3) is 3.67. The molecule has 0 amide bonds. The van der Waals surface area contributed by atoms with Crippen LogP contribution in [0.25, 0.3) is 22.2 Å². The maximum Gasteiger partial charge on any atom is 0.142 e. The van der Waals surface area contributed by atoms with Gasteiger partial charge in [-0.15, -0.1) is 0 Å². The molecule has 0 saturated heterocycles. The highest BCUT2D eigenvalue weighted by molar-refractivity contribution is 9.10. The largest absolute Gasteiger partial charge is 0.361 e. The number of benzene rings is 2. The van der Waals surface area contributed by atoms with Crippen molar-refractivity contribution in [3.05, 3.63) is 76.5 Å². The molecule has 27 heavy (non-hydrogen) atoms. The Kier molecular flexibility index (Phi) is 5.08. The summed E-state index contributed by atoms with van der Waals surface area (Å²) < 4.78 is 30.1. The lowest BCUT2D eigenvalue weighted by Crippen LogP contribution is -2.03. The number of aromatic amines is 1. The van der Waals surface area contributed by atoms with Crippen molar-refractivity contribution in [2.24, 2.45) is 0 Å². The zero-order valence-electron chi connectivity index (χ0n) is 14.4. The van der Waals surface area contributed by atoms with Crippen LogP contribution < -0.4 is 5.32 Å². The van der Waals surface area contributed by atoms with Crippen LogP contribution in [0.4, 0.5) is 8.78 Å². The highest BCUT2D eigenvalue weighted by Gasteiger charge is 2.15. The fourth-order valence-corrected chi connectivity index (χ4v) is 4.57. The number of rotatable bonds is 5. The van der Waals surface area contributed by atoms with Crippen LogP contribution in [0.3, 0.4) is 0 Å². The van der Waals surface area contributed by atoms with Gasteiger partial charge in [-0.25, -0.2) is 8.78 Å². The molecule has 0 aliphatic rings. The molecule has 4 rings (SSSR count). The number of H-pyrrole nitrogens is 1. The number of nitrogens with zero attached hydrogens (tertiary/aromatic N) is 1. The molecule has 2 heterocycles. The number of nitrogens with one attached hydrogen (secondary N) is 2. The Hall–Kier alpha value is -2.09. The average Bonchev–Trinajstić information content (AvgIpc) is 3.24. The zero-order chi connectivity index (χ0) is 19.0. The summed E-state index contributed by atoms with van der Waals surface area (Å²) in [5.41, 5.74) is 4.11. The van der Waals surface area contributed by atoms with E-state index in [1.807, 2.05) is 41.6 Å². The van der Waals surface area contributed by atoms with E-state index in [2.05, 4.69) is 38.4 Å². The monoisotopic (exact) mass is 447 g/mol. The van der Waals surface area contributed by atoms with Crippen molar-refractivity contribution in [1.29, 1.82) is 0 Å². The van der Waals surface area contributed by atoms with Crippen molar-refractivity contribution in [2.45, 2.75) is 11.4 Å². The lowest BCUT2D eigenvalue weighted by atomic mass is 10.1. The predicted molar refractivity (Wildman–Crippen MR) is 110 cm³/mol. The first-order valence-electron chi connectivity index (χ1n) is 8.31. The SMILES string of the molecule is CNCc1cc(-c2ccc3[nH]ccc3c2)n(Sc2c(F)cc(F)cc2Br)c1. The molecule has 0 aliphatic carbocycles. The second kappa shape index (κ2) is 7.50. The van der Waals surface area contributed by atoms with Crippen molar-refractivity contribution in [3.8, 4) is 11.3 Å². The van der Waals surface area contributed by atoms with Gasteiger partial charge in [0.05, 0.1) is 10.6 Å². The van der Waals surface area contributed by atoms with Crippen LogP contribution in [0.15, 0.2) is 64.2 Å². The minimum atomic E-state index is -0.606. The molecule has 2 N–H and O–H groups in total. The van der Waals surface area contributed by atoms with Crippen molar-refractivity contribution in [2.75, 3.05) is 7.05 Å². The molecular weight excluding hydrogens is 432 g/mol. The first-order valence-corrected chi connectivity index (χ1v) is 9.88. The first kappa shape index (κ1) is 18.3.